The molecule has 3 amide bonds. The molecule has 0 bridgehead atoms. The third-order valence-corrected chi connectivity index (χ3v) is 30.9. The van der Waals surface area contributed by atoms with Crippen LogP contribution >= 0.6 is 0 Å². The van der Waals surface area contributed by atoms with Gasteiger partial charge in [-0.1, -0.05) is 81.3 Å². The van der Waals surface area contributed by atoms with Gasteiger partial charge in [0.25, 0.3) is 17.7 Å². The average Bonchev–Trinajstić information content (AvgIpc) is 1.61. The van der Waals surface area contributed by atoms with Crippen LogP contribution in [0, 0.1) is 51.4 Å². The number of para-hydroxylation sites is 3. The summed E-state index contributed by atoms with van der Waals surface area (Å²) in [5.74, 6) is 0.928. The zero-order valence-corrected chi connectivity index (χ0v) is 84.2. The lowest BCUT2D eigenvalue weighted by atomic mass is 9.90. The molecule has 6 aliphatic heterocycles. The van der Waals surface area contributed by atoms with E-state index in [4.69, 9.17) is 46.7 Å². The van der Waals surface area contributed by atoms with Gasteiger partial charge in [-0.3, -0.25) is 43.8 Å². The van der Waals surface area contributed by atoms with Crippen molar-refractivity contribution in [1.82, 2.24) is 103 Å². The molecule has 21 rings (SSSR count). The molecule has 3 atom stereocenters. The van der Waals surface area contributed by atoms with Gasteiger partial charge in [0.1, 0.15) is 140 Å². The Balaban J connectivity index is 0.000000145. The summed E-state index contributed by atoms with van der Waals surface area (Å²) in [7, 11) is 0. The van der Waals surface area contributed by atoms with Crippen molar-refractivity contribution >= 4 is 68.3 Å². The van der Waals surface area contributed by atoms with E-state index in [0.29, 0.717) is 161 Å². The number of nitrogens with two attached hydrogens (primary N) is 3. The Morgan fingerprint density at radius 1 is 0.338 bits per heavy atom. The Bertz CT molecular complexity index is 6380. The highest BCUT2D eigenvalue weighted by molar-refractivity contribution is 6.02. The normalized spacial score (nSPS) is 19.7. The Hall–Kier alpha value is -14.6. The molecule has 6 aromatic carbocycles. The van der Waals surface area contributed by atoms with Gasteiger partial charge in [0.05, 0.1) is 34.3 Å². The zero-order valence-electron chi connectivity index (χ0n) is 84.2. The molecule has 3 aliphatic carbocycles. The van der Waals surface area contributed by atoms with E-state index in [0.717, 1.165) is 97.8 Å². The predicted molar refractivity (Wildman–Crippen MR) is 562 cm³/mol. The molecule has 36 heteroatoms. The minimum Gasteiger partial charge on any atom is -0.457 e. The maximum absolute atomic E-state index is 15.7. The number of amides is 3. The largest absolute Gasteiger partial charge is 0.457 e. The van der Waals surface area contributed by atoms with Crippen molar-refractivity contribution in [1.29, 1.82) is 15.8 Å². The third-order valence-electron chi connectivity index (χ3n) is 30.9. The van der Waals surface area contributed by atoms with Gasteiger partial charge in [0.2, 0.25) is 0 Å². The highest BCUT2D eigenvalue weighted by Crippen LogP contribution is 2.44. The van der Waals surface area contributed by atoms with Gasteiger partial charge in [-0.05, 0) is 210 Å². The maximum atomic E-state index is 15.7. The minimum absolute atomic E-state index is 0. The van der Waals surface area contributed by atoms with Gasteiger partial charge in [-0.15, -0.1) is 0 Å². The summed E-state index contributed by atoms with van der Waals surface area (Å²) in [6.07, 6.45) is 25.6. The van der Waals surface area contributed by atoms with Gasteiger partial charge >= 0.3 is 0 Å². The van der Waals surface area contributed by atoms with Crippen molar-refractivity contribution in [3.8, 4) is 86.5 Å². The summed E-state index contributed by atoms with van der Waals surface area (Å²) in [5.41, 5.74) is 21.1. The van der Waals surface area contributed by atoms with Crippen molar-refractivity contribution in [3.05, 3.63) is 217 Å². The van der Waals surface area contributed by atoms with Crippen molar-refractivity contribution < 1.29 is 41.8 Å². The van der Waals surface area contributed by atoms with Crippen molar-refractivity contribution in [2.75, 3.05) is 135 Å². The van der Waals surface area contributed by atoms with E-state index in [2.05, 4.69) is 119 Å². The first-order valence-electron chi connectivity index (χ1n) is 51.4. The van der Waals surface area contributed by atoms with Crippen LogP contribution in [0.1, 0.15) is 163 Å². The van der Waals surface area contributed by atoms with Crippen LogP contribution in [0.4, 0.5) is 30.6 Å². The van der Waals surface area contributed by atoms with Gasteiger partial charge in [0, 0.05) is 187 Å². The molecule has 12 heterocycles. The fourth-order valence-corrected chi connectivity index (χ4v) is 22.0. The Kier molecular flexibility index (Phi) is 31.4. The molecule has 6 saturated heterocycles. The number of aromatic nitrogens is 12. The second kappa shape index (κ2) is 45.0. The number of nitriles is 3. The molecular weight excluding hydrogens is 1880 g/mol. The molecule has 33 nitrogen and oxygen atoms in total. The van der Waals surface area contributed by atoms with Gasteiger partial charge in [0.15, 0.2) is 16.9 Å². The lowest BCUT2D eigenvalue weighted by Crippen LogP contribution is -2.57. The summed E-state index contributed by atoms with van der Waals surface area (Å²) in [6, 6.07) is 49.3. The van der Waals surface area contributed by atoms with Crippen LogP contribution in [-0.2, 0) is 14.4 Å². The molecule has 9 fully saturated rings. The first-order valence-corrected chi connectivity index (χ1v) is 51.4. The van der Waals surface area contributed by atoms with Crippen LogP contribution in [0.5, 0.6) is 34.5 Å². The predicted octanol–water partition coefficient (Wildman–Crippen LogP) is 17.3. The van der Waals surface area contributed by atoms with E-state index in [1.807, 2.05) is 72.8 Å². The summed E-state index contributed by atoms with van der Waals surface area (Å²) in [4.78, 5) is 87.7. The van der Waals surface area contributed by atoms with E-state index in [1.54, 1.807) is 102 Å². The number of rotatable bonds is 24. The van der Waals surface area contributed by atoms with Crippen LogP contribution in [-0.4, -0.2) is 274 Å². The maximum Gasteiger partial charge on any atom is 0.264 e. The van der Waals surface area contributed by atoms with Crippen molar-refractivity contribution in [3.63, 3.8) is 0 Å². The van der Waals surface area contributed by atoms with Crippen LogP contribution in [0.3, 0.4) is 0 Å². The van der Waals surface area contributed by atoms with Crippen LogP contribution in [0.25, 0.3) is 66.9 Å². The number of benzene rings is 6. The minimum atomic E-state index is -0.528. The third kappa shape index (κ3) is 22.5. The smallest absolute Gasteiger partial charge is 0.264 e. The first kappa shape index (κ1) is 103. The number of ether oxygens (including phenoxy) is 3. The average molecular weight is 2010 g/mol. The van der Waals surface area contributed by atoms with Gasteiger partial charge in [-0.25, -0.2) is 57.1 Å². The molecule has 6 N–H and O–H groups in total. The molecular formula is C112H130F3N27O6. The molecule has 9 aliphatic rings. The molecule has 12 aromatic rings. The van der Waals surface area contributed by atoms with Crippen molar-refractivity contribution in [2.24, 2.45) is 0 Å². The summed E-state index contributed by atoms with van der Waals surface area (Å²) in [5, 5.41) is 46.4. The Labute approximate surface area is 861 Å². The number of piperazine rings is 3. The molecule has 0 radical (unpaired) electrons. The number of fused-ring (bicyclic) bond motifs is 3. The fourth-order valence-electron chi connectivity index (χ4n) is 22.0. The second-order valence-electron chi connectivity index (χ2n) is 41.4. The van der Waals surface area contributed by atoms with Crippen LogP contribution in [0.15, 0.2) is 200 Å². The number of carbonyl (C=O) groups excluding carboxylic acids is 3. The number of piperidine rings is 3. The molecule has 3 saturated carbocycles. The number of halogens is 3. The highest BCUT2D eigenvalue weighted by Gasteiger charge is 2.42. The SMILES string of the molecule is C.CC(C)(C=C(C#N)C(=O)N1CCCC(n2nc(-c3ccc(Oc4ccccc4)cc3F)c3c(N)ncnc32)C1)N1CCN(C2CCC2)CC1.CC(C)(C=C(C#N)C(=O)N1CCC[C@@H](n2nc(-c3ccc(Oc4ccccc4)cc3F)c3c(N)ncnc32)C1)N1CCN(C2CCC2)CC1.CC(C)(C=C(C#N)C(=O)N1CCC[C@H](n2nc(-c3ccc(Oc4ccccc4)cc3F)c3c(N)ncnc32)C1)N1CCN(C2CCC2)CC1. The van der Waals surface area contributed by atoms with E-state index in [-0.39, 0.29) is 94.1 Å². The summed E-state index contributed by atoms with van der Waals surface area (Å²) < 4.78 is 69.7. The number of likely N-dealkylation sites (tertiary alicyclic amines) is 3. The van der Waals surface area contributed by atoms with Gasteiger partial charge in [-0.2, -0.15) is 31.1 Å². The van der Waals surface area contributed by atoms with E-state index >= 15 is 13.2 Å². The molecule has 148 heavy (non-hydrogen) atoms. The highest BCUT2D eigenvalue weighted by atomic mass is 19.1. The lowest BCUT2D eigenvalue weighted by Gasteiger charge is -2.47. The second-order valence-corrected chi connectivity index (χ2v) is 41.4. The topological polar surface area (TPSA) is 388 Å². The number of anilines is 3. The Morgan fingerprint density at radius 3 is 0.818 bits per heavy atom. The quantitative estimate of drug-likeness (QED) is 0.0373. The van der Waals surface area contributed by atoms with E-state index in [1.165, 1.54) is 95.0 Å². The Morgan fingerprint density at radius 2 is 0.588 bits per heavy atom. The molecule has 6 aromatic heterocycles. The lowest BCUT2D eigenvalue weighted by molar-refractivity contribution is -0.129. The number of nitrogen functional groups attached to an aromatic ring is 3. The molecule has 1 unspecified atom stereocenters. The monoisotopic (exact) mass is 2010 g/mol. The number of nitrogens with zero attached hydrogens (tertiary/aromatic N) is 24. The van der Waals surface area contributed by atoms with E-state index in [9.17, 15) is 30.2 Å². The first-order chi connectivity index (χ1) is 71.1. The van der Waals surface area contributed by atoms with Crippen molar-refractivity contribution in [2.45, 2.75) is 198 Å². The van der Waals surface area contributed by atoms with Crippen LogP contribution in [0.2, 0.25) is 0 Å². The molecule has 0 spiro atoms. The summed E-state index contributed by atoms with van der Waals surface area (Å²) >= 11 is 0. The fraction of sp³-hybridized carbons (Fsp3) is 0.438. The number of hydrogen-bond donors (Lipinski definition) is 3. The van der Waals surface area contributed by atoms with Gasteiger partial charge < -0.3 is 46.1 Å². The standard InChI is InChI=1S/3C37H42FN9O2.CH4/c3*1-37(2,46-18-16-44(17-19-46)26-8-6-9-26)21-25(22-39)36(48)45-15-7-10-27(23-45)47-35-32(34(40)41-24-42-35)33(43-47)30-14-13-29(20-31(30)38)49-28-11-4-3-5-12-28;/h3*3-5,11-14,20-21,24,26-27H,6-10,15-19,23H2,1-2H3,(H2,40,41,42);1H4/t2*27-;;/m10../s1. The van der Waals surface area contributed by atoms with E-state index < -0.39 is 34.1 Å². The number of hydrogen-bond acceptors (Lipinski definition) is 27. The van der Waals surface area contributed by atoms with Crippen LogP contribution < -0.4 is 31.4 Å². The zero-order chi connectivity index (χ0) is 102. The number of carbonyl (C=O) groups is 3. The molecule has 770 valence electrons. The summed E-state index contributed by atoms with van der Waals surface area (Å²) in [6.45, 7) is 26.5.